The first-order valence-corrected chi connectivity index (χ1v) is 12.4. The van der Waals surface area contributed by atoms with Crippen LogP contribution in [0.5, 0.6) is 11.5 Å². The summed E-state index contributed by atoms with van der Waals surface area (Å²) in [5.41, 5.74) is 10.3. The molecule has 3 aromatic heterocycles. The maximum absolute atomic E-state index is 13.5. The van der Waals surface area contributed by atoms with E-state index in [0.717, 1.165) is 18.3 Å². The Morgan fingerprint density at radius 2 is 1.43 bits per heavy atom. The van der Waals surface area contributed by atoms with E-state index in [9.17, 15) is 19.2 Å². The molecule has 0 spiro atoms. The lowest BCUT2D eigenvalue weighted by Crippen LogP contribution is -2.44. The van der Waals surface area contributed by atoms with Gasteiger partial charge in [-0.25, -0.2) is 14.6 Å². The van der Waals surface area contributed by atoms with Gasteiger partial charge in [-0.3, -0.25) is 27.9 Å². The van der Waals surface area contributed by atoms with Crippen molar-refractivity contribution in [2.75, 3.05) is 25.2 Å². The van der Waals surface area contributed by atoms with Crippen LogP contribution < -0.4 is 43.4 Å². The monoisotopic (exact) mass is 552 g/mol. The topological polar surface area (TPSA) is 176 Å². The van der Waals surface area contributed by atoms with Crippen molar-refractivity contribution in [1.82, 2.24) is 27.8 Å². The molecule has 40 heavy (non-hydrogen) atoms. The van der Waals surface area contributed by atoms with Crippen molar-refractivity contribution in [1.29, 1.82) is 0 Å². The Labute approximate surface area is 228 Å². The molecule has 0 aliphatic rings. The molecule has 0 fully saturated rings. The number of imidazole rings is 1. The summed E-state index contributed by atoms with van der Waals surface area (Å²) in [5, 5.41) is 0. The van der Waals surface area contributed by atoms with E-state index in [2.05, 4.69) is 4.98 Å². The van der Waals surface area contributed by atoms with Crippen molar-refractivity contribution >= 4 is 11.6 Å². The van der Waals surface area contributed by atoms with Gasteiger partial charge in [0.1, 0.15) is 11.6 Å². The fourth-order valence-electron chi connectivity index (χ4n) is 4.62. The van der Waals surface area contributed by atoms with Gasteiger partial charge in [0, 0.05) is 47.1 Å². The van der Waals surface area contributed by atoms with Gasteiger partial charge < -0.3 is 25.5 Å². The van der Waals surface area contributed by atoms with Gasteiger partial charge in [-0.2, -0.15) is 0 Å². The lowest BCUT2D eigenvalue weighted by Gasteiger charge is -2.24. The number of anilines is 2. The highest BCUT2D eigenvalue weighted by Crippen LogP contribution is 2.38. The summed E-state index contributed by atoms with van der Waals surface area (Å²) in [7, 11) is 6.93. The van der Waals surface area contributed by atoms with Crippen molar-refractivity contribution in [3.05, 3.63) is 95.3 Å². The van der Waals surface area contributed by atoms with Crippen LogP contribution in [0, 0.1) is 0 Å². The quantitative estimate of drug-likeness (QED) is 0.259. The minimum Gasteiger partial charge on any atom is -0.493 e. The molecule has 0 unspecified atom stereocenters. The average Bonchev–Trinajstić information content (AvgIpc) is 3.48. The Morgan fingerprint density at radius 3 is 1.93 bits per heavy atom. The highest BCUT2D eigenvalue weighted by atomic mass is 16.5. The van der Waals surface area contributed by atoms with Gasteiger partial charge in [-0.15, -0.1) is 0 Å². The number of hydrogen-bond donors (Lipinski definition) is 2. The molecule has 212 valence electrons. The zero-order valence-electron chi connectivity index (χ0n) is 23.0. The smallest absolute Gasteiger partial charge is 0.332 e. The summed E-state index contributed by atoms with van der Waals surface area (Å²) < 4.78 is 17.5. The summed E-state index contributed by atoms with van der Waals surface area (Å²) in [6.07, 6.45) is 5.99. The Bertz CT molecular complexity index is 1710. The van der Waals surface area contributed by atoms with Gasteiger partial charge in [0.2, 0.25) is 0 Å². The van der Waals surface area contributed by atoms with Crippen molar-refractivity contribution in [3.8, 4) is 11.5 Å². The largest absolute Gasteiger partial charge is 0.493 e. The fraction of sp³-hybridized carbons (Fsp3) is 0.346. The first kappa shape index (κ1) is 28.0. The van der Waals surface area contributed by atoms with E-state index in [1.165, 1.54) is 35.3 Å². The van der Waals surface area contributed by atoms with E-state index < -0.39 is 28.4 Å². The van der Waals surface area contributed by atoms with Crippen LogP contribution in [0.15, 0.2) is 56.1 Å². The molecule has 0 saturated heterocycles. The number of nitrogens with two attached hydrogens (primary N) is 2. The number of aromatic nitrogens is 6. The number of nitrogen functional groups attached to an aromatic ring is 2. The number of rotatable bonds is 9. The fourth-order valence-corrected chi connectivity index (χ4v) is 4.62. The van der Waals surface area contributed by atoms with Crippen molar-refractivity contribution < 1.29 is 9.47 Å². The van der Waals surface area contributed by atoms with Crippen LogP contribution in [0.3, 0.4) is 0 Å². The molecule has 4 rings (SSSR count). The maximum Gasteiger partial charge on any atom is 0.332 e. The second-order valence-electron chi connectivity index (χ2n) is 9.36. The zero-order valence-corrected chi connectivity index (χ0v) is 23.0. The van der Waals surface area contributed by atoms with Gasteiger partial charge in [-0.1, -0.05) is 6.07 Å². The molecule has 3 heterocycles. The van der Waals surface area contributed by atoms with Crippen molar-refractivity contribution in [3.63, 3.8) is 0 Å². The number of benzene rings is 1. The lowest BCUT2D eigenvalue weighted by atomic mass is 9.86. The maximum atomic E-state index is 13.5. The van der Waals surface area contributed by atoms with Crippen LogP contribution in [-0.4, -0.2) is 41.5 Å². The van der Waals surface area contributed by atoms with Gasteiger partial charge in [0.15, 0.2) is 11.5 Å². The molecule has 0 saturated carbocycles. The number of ether oxygens (including phenoxy) is 2. The lowest BCUT2D eigenvalue weighted by molar-refractivity contribution is 0.282. The van der Waals surface area contributed by atoms with Crippen molar-refractivity contribution in [2.45, 2.75) is 18.9 Å². The molecule has 0 aliphatic carbocycles. The average molecular weight is 553 g/mol. The summed E-state index contributed by atoms with van der Waals surface area (Å²) in [6.45, 7) is 1.10. The predicted molar refractivity (Wildman–Crippen MR) is 149 cm³/mol. The molecule has 14 nitrogen and oxygen atoms in total. The normalized spacial score (nSPS) is 11.2. The van der Waals surface area contributed by atoms with E-state index in [0.29, 0.717) is 36.6 Å². The predicted octanol–water partition coefficient (Wildman–Crippen LogP) is -0.500. The first-order valence-electron chi connectivity index (χ1n) is 12.4. The third-order valence-electron chi connectivity index (χ3n) is 6.97. The number of methoxy groups -OCH3 is 1. The molecular weight excluding hydrogens is 520 g/mol. The molecular formula is C26H32N8O6. The summed E-state index contributed by atoms with van der Waals surface area (Å²) in [6, 6.07) is 4.93. The number of aryl methyl sites for hydroxylation is 1. The molecule has 1 aromatic carbocycles. The van der Waals surface area contributed by atoms with Crippen LogP contribution in [0.4, 0.5) is 11.6 Å². The Kier molecular flexibility index (Phi) is 7.70. The minimum absolute atomic E-state index is 0.0527. The highest BCUT2D eigenvalue weighted by Gasteiger charge is 2.32. The van der Waals surface area contributed by atoms with Gasteiger partial charge in [0.05, 0.1) is 37.1 Å². The second-order valence-corrected chi connectivity index (χ2v) is 9.36. The van der Waals surface area contributed by atoms with E-state index in [4.69, 9.17) is 20.9 Å². The molecule has 0 radical (unpaired) electrons. The number of nitrogens with zero attached hydrogens (tertiary/aromatic N) is 6. The third-order valence-corrected chi connectivity index (χ3v) is 6.97. The first-order chi connectivity index (χ1) is 19.0. The number of hydrogen-bond acceptors (Lipinski definition) is 9. The summed E-state index contributed by atoms with van der Waals surface area (Å²) in [5.74, 6) is -0.663. The standard InChI is InChI=1S/C26H32N8O6/c1-30-21(27)19(23(35)32(3)25(30)37)18(20-22(28)31(2)26(38)33(4)24(20)36)15-7-8-16(17(13-15)39-5)40-12-6-10-34-11-9-29-14-34/h7-9,11,13-14,18H,6,10,12,27-28H2,1-5H3. The zero-order chi connectivity index (χ0) is 29.3. The molecule has 0 bridgehead atoms. The van der Waals surface area contributed by atoms with Crippen LogP contribution >= 0.6 is 0 Å². The van der Waals surface area contributed by atoms with Gasteiger partial charge >= 0.3 is 11.4 Å². The van der Waals surface area contributed by atoms with Crippen LogP contribution in [-0.2, 0) is 34.7 Å². The highest BCUT2D eigenvalue weighted by molar-refractivity contribution is 5.58. The second kappa shape index (κ2) is 11.0. The summed E-state index contributed by atoms with van der Waals surface area (Å²) >= 11 is 0. The van der Waals surface area contributed by atoms with Crippen LogP contribution in [0.1, 0.15) is 29.0 Å². The van der Waals surface area contributed by atoms with Gasteiger partial charge in [0.25, 0.3) is 11.1 Å². The van der Waals surface area contributed by atoms with E-state index >= 15 is 0 Å². The van der Waals surface area contributed by atoms with E-state index in [-0.39, 0.29) is 22.8 Å². The Hall–Kier alpha value is -5.01. The van der Waals surface area contributed by atoms with Crippen LogP contribution in [0.2, 0.25) is 0 Å². The van der Waals surface area contributed by atoms with Gasteiger partial charge in [-0.05, 0) is 24.1 Å². The molecule has 0 amide bonds. The third kappa shape index (κ3) is 4.79. The van der Waals surface area contributed by atoms with E-state index in [1.54, 1.807) is 30.7 Å². The summed E-state index contributed by atoms with van der Waals surface area (Å²) in [4.78, 5) is 56.1. The molecule has 4 aromatic rings. The molecule has 0 aliphatic heterocycles. The SMILES string of the molecule is COc1cc(C(c2c(N)n(C)c(=O)n(C)c2=O)c2c(N)n(C)c(=O)n(C)c2=O)ccc1OCCCn1ccnc1. The Morgan fingerprint density at radius 1 is 0.850 bits per heavy atom. The van der Waals surface area contributed by atoms with Crippen LogP contribution in [0.25, 0.3) is 0 Å². The minimum atomic E-state index is -1.15. The molecule has 14 heteroatoms. The molecule has 4 N–H and O–H groups in total. The van der Waals surface area contributed by atoms with Crippen molar-refractivity contribution in [2.24, 2.45) is 28.2 Å². The molecule has 0 atom stereocenters. The Balaban J connectivity index is 1.89. The van der Waals surface area contributed by atoms with E-state index in [1.807, 2.05) is 10.8 Å².